The summed E-state index contributed by atoms with van der Waals surface area (Å²) >= 11 is 3.27. The smallest absolute Gasteiger partial charge is 0.340 e. The number of methoxy groups -OCH3 is 1. The van der Waals surface area contributed by atoms with E-state index in [1.54, 1.807) is 6.07 Å². The van der Waals surface area contributed by atoms with E-state index in [-0.39, 0.29) is 5.56 Å². The molecule has 0 unspecified atom stereocenters. The molecular formula is C10H10BrFO2. The molecule has 0 heterocycles. The van der Waals surface area contributed by atoms with Gasteiger partial charge < -0.3 is 4.74 Å². The third-order valence-electron chi connectivity index (χ3n) is 1.82. The van der Waals surface area contributed by atoms with Gasteiger partial charge in [0.2, 0.25) is 0 Å². The van der Waals surface area contributed by atoms with Crippen molar-refractivity contribution in [2.24, 2.45) is 0 Å². The zero-order chi connectivity index (χ0) is 10.6. The van der Waals surface area contributed by atoms with Gasteiger partial charge in [-0.25, -0.2) is 9.18 Å². The van der Waals surface area contributed by atoms with Crippen molar-refractivity contribution in [1.82, 2.24) is 0 Å². The third-order valence-corrected chi connectivity index (χ3v) is 2.22. The van der Waals surface area contributed by atoms with E-state index in [1.165, 1.54) is 19.2 Å². The molecule has 76 valence electrons. The Morgan fingerprint density at radius 3 is 2.86 bits per heavy atom. The van der Waals surface area contributed by atoms with Crippen LogP contribution in [-0.4, -0.2) is 18.4 Å². The number of halogens is 2. The Morgan fingerprint density at radius 2 is 2.29 bits per heavy atom. The van der Waals surface area contributed by atoms with Crippen LogP contribution in [0.1, 0.15) is 15.9 Å². The van der Waals surface area contributed by atoms with Crippen molar-refractivity contribution in [3.05, 3.63) is 35.1 Å². The van der Waals surface area contributed by atoms with Gasteiger partial charge >= 0.3 is 5.97 Å². The second kappa shape index (κ2) is 5.10. The summed E-state index contributed by atoms with van der Waals surface area (Å²) in [6.07, 6.45) is 0.754. The summed E-state index contributed by atoms with van der Waals surface area (Å²) in [7, 11) is 1.24. The maximum absolute atomic E-state index is 13.1. The highest BCUT2D eigenvalue weighted by molar-refractivity contribution is 9.09. The molecule has 1 aromatic carbocycles. The van der Waals surface area contributed by atoms with Gasteiger partial charge in [-0.15, -0.1) is 0 Å². The first-order chi connectivity index (χ1) is 6.69. The van der Waals surface area contributed by atoms with Crippen LogP contribution in [0.2, 0.25) is 0 Å². The summed E-state index contributed by atoms with van der Waals surface area (Å²) in [5.41, 5.74) is 0.898. The fourth-order valence-electron chi connectivity index (χ4n) is 1.10. The van der Waals surface area contributed by atoms with Crippen LogP contribution in [0.4, 0.5) is 4.39 Å². The van der Waals surface area contributed by atoms with Crippen molar-refractivity contribution in [2.75, 3.05) is 12.4 Å². The van der Waals surface area contributed by atoms with Crippen LogP contribution in [0.5, 0.6) is 0 Å². The Hall–Kier alpha value is -0.900. The van der Waals surface area contributed by atoms with Gasteiger partial charge in [0.1, 0.15) is 5.82 Å². The number of aryl methyl sites for hydroxylation is 1. The average Bonchev–Trinajstić information content (AvgIpc) is 2.20. The quantitative estimate of drug-likeness (QED) is 0.617. The van der Waals surface area contributed by atoms with Crippen LogP contribution in [0.15, 0.2) is 18.2 Å². The third kappa shape index (κ3) is 2.54. The Balaban J connectivity index is 3.01. The largest absolute Gasteiger partial charge is 0.465 e. The van der Waals surface area contributed by atoms with Crippen LogP contribution in [0.25, 0.3) is 0 Å². The molecule has 0 atom stereocenters. The minimum Gasteiger partial charge on any atom is -0.465 e. The Kier molecular flexibility index (Phi) is 4.07. The van der Waals surface area contributed by atoms with Gasteiger partial charge in [-0.2, -0.15) is 0 Å². The van der Waals surface area contributed by atoms with Crippen LogP contribution >= 0.6 is 15.9 Å². The number of carbonyl (C=O) groups excluding carboxylic acids is 1. The van der Waals surface area contributed by atoms with E-state index < -0.39 is 11.8 Å². The van der Waals surface area contributed by atoms with Crippen LogP contribution in [-0.2, 0) is 11.2 Å². The summed E-state index contributed by atoms with van der Waals surface area (Å²) in [6.45, 7) is 0. The lowest BCUT2D eigenvalue weighted by Crippen LogP contribution is -2.05. The lowest BCUT2D eigenvalue weighted by Gasteiger charge is -2.03. The number of hydrogen-bond donors (Lipinski definition) is 0. The van der Waals surface area contributed by atoms with Crippen molar-refractivity contribution in [3.63, 3.8) is 0 Å². The number of ether oxygens (including phenoxy) is 1. The fourth-order valence-corrected chi connectivity index (χ4v) is 1.56. The zero-order valence-corrected chi connectivity index (χ0v) is 9.30. The van der Waals surface area contributed by atoms with E-state index >= 15 is 0 Å². The zero-order valence-electron chi connectivity index (χ0n) is 7.72. The number of benzene rings is 1. The molecule has 0 bridgehead atoms. The molecule has 0 amide bonds. The molecule has 0 aliphatic carbocycles. The summed E-state index contributed by atoms with van der Waals surface area (Å²) < 4.78 is 17.6. The molecule has 0 saturated carbocycles. The molecule has 1 rings (SSSR count). The Bertz CT molecular complexity index is 339. The number of esters is 1. The minimum atomic E-state index is -0.640. The van der Waals surface area contributed by atoms with E-state index in [4.69, 9.17) is 0 Å². The highest BCUT2D eigenvalue weighted by atomic mass is 79.9. The molecule has 0 aliphatic heterocycles. The first-order valence-corrected chi connectivity index (χ1v) is 5.24. The molecule has 0 radical (unpaired) electrons. The van der Waals surface area contributed by atoms with Crippen molar-refractivity contribution >= 4 is 21.9 Å². The van der Waals surface area contributed by atoms with E-state index in [0.717, 1.165) is 17.3 Å². The van der Waals surface area contributed by atoms with Gasteiger partial charge in [0.15, 0.2) is 0 Å². The first kappa shape index (κ1) is 11.2. The summed E-state index contributed by atoms with van der Waals surface area (Å²) in [5.74, 6) is -1.19. The van der Waals surface area contributed by atoms with Crippen molar-refractivity contribution in [2.45, 2.75) is 6.42 Å². The molecule has 0 spiro atoms. The Labute approximate surface area is 90.2 Å². The number of alkyl halides is 1. The number of hydrogen-bond acceptors (Lipinski definition) is 2. The maximum atomic E-state index is 13.1. The van der Waals surface area contributed by atoms with Crippen LogP contribution in [0, 0.1) is 5.82 Å². The van der Waals surface area contributed by atoms with Gasteiger partial charge in [0, 0.05) is 5.33 Å². The highest BCUT2D eigenvalue weighted by Crippen LogP contribution is 2.12. The molecule has 0 N–H and O–H groups in total. The average molecular weight is 261 g/mol. The molecule has 0 aromatic heterocycles. The van der Waals surface area contributed by atoms with Gasteiger partial charge in [0.25, 0.3) is 0 Å². The van der Waals surface area contributed by atoms with Crippen molar-refractivity contribution < 1.29 is 13.9 Å². The SMILES string of the molecule is COC(=O)c1cc(CCBr)ccc1F. The van der Waals surface area contributed by atoms with Gasteiger partial charge in [-0.05, 0) is 24.1 Å². The molecule has 0 saturated heterocycles. The minimum absolute atomic E-state index is 0.00838. The van der Waals surface area contributed by atoms with Crippen molar-refractivity contribution in [3.8, 4) is 0 Å². The Morgan fingerprint density at radius 1 is 1.57 bits per heavy atom. The monoisotopic (exact) mass is 260 g/mol. The molecule has 14 heavy (non-hydrogen) atoms. The van der Waals surface area contributed by atoms with Crippen molar-refractivity contribution in [1.29, 1.82) is 0 Å². The van der Waals surface area contributed by atoms with Gasteiger partial charge in [0.05, 0.1) is 12.7 Å². The normalized spacial score (nSPS) is 9.93. The summed E-state index contributed by atoms with van der Waals surface area (Å²) in [4.78, 5) is 11.1. The van der Waals surface area contributed by atoms with Crippen LogP contribution < -0.4 is 0 Å². The van der Waals surface area contributed by atoms with Gasteiger partial charge in [-0.1, -0.05) is 22.0 Å². The lowest BCUT2D eigenvalue weighted by atomic mass is 10.1. The first-order valence-electron chi connectivity index (χ1n) is 4.11. The topological polar surface area (TPSA) is 26.3 Å². The van der Waals surface area contributed by atoms with E-state index in [9.17, 15) is 9.18 Å². The fraction of sp³-hybridized carbons (Fsp3) is 0.300. The van der Waals surface area contributed by atoms with Gasteiger partial charge in [-0.3, -0.25) is 0 Å². The number of carbonyl (C=O) groups is 1. The van der Waals surface area contributed by atoms with Crippen LogP contribution in [0.3, 0.4) is 0 Å². The second-order valence-electron chi connectivity index (χ2n) is 2.74. The predicted molar refractivity (Wildman–Crippen MR) is 55.2 cm³/mol. The van der Waals surface area contributed by atoms with E-state index in [0.29, 0.717) is 0 Å². The van der Waals surface area contributed by atoms with E-state index in [2.05, 4.69) is 20.7 Å². The predicted octanol–water partition coefficient (Wildman–Crippen LogP) is 2.55. The molecule has 0 aliphatic rings. The summed E-state index contributed by atoms with van der Waals surface area (Å²) in [5, 5.41) is 0.777. The number of rotatable bonds is 3. The highest BCUT2D eigenvalue weighted by Gasteiger charge is 2.12. The van der Waals surface area contributed by atoms with E-state index in [1.807, 2.05) is 0 Å². The lowest BCUT2D eigenvalue weighted by molar-refractivity contribution is 0.0595. The summed E-state index contributed by atoms with van der Waals surface area (Å²) in [6, 6.07) is 4.45. The molecule has 1 aromatic rings. The molecule has 0 fully saturated rings. The maximum Gasteiger partial charge on any atom is 0.340 e. The molecule has 4 heteroatoms. The second-order valence-corrected chi connectivity index (χ2v) is 3.54. The molecule has 2 nitrogen and oxygen atoms in total. The molecular weight excluding hydrogens is 251 g/mol. The standard InChI is InChI=1S/C10H10BrFO2/c1-14-10(13)8-6-7(4-5-11)2-3-9(8)12/h2-3,6H,4-5H2,1H3.